The zero-order valence-electron chi connectivity index (χ0n) is 20.8. The van der Waals surface area contributed by atoms with Crippen molar-refractivity contribution in [2.24, 2.45) is 0 Å². The van der Waals surface area contributed by atoms with Gasteiger partial charge in [-0.05, 0) is 92.5 Å². The number of hydrogen-bond donors (Lipinski definition) is 2. The summed E-state index contributed by atoms with van der Waals surface area (Å²) < 4.78 is 2.34. The van der Waals surface area contributed by atoms with Crippen LogP contribution < -0.4 is 10.2 Å². The number of thiocarbonyl (C=S) groups is 1. The number of anilines is 1. The quantitative estimate of drug-likeness (QED) is 0.283. The third-order valence-electron chi connectivity index (χ3n) is 7.01. The fourth-order valence-corrected chi connectivity index (χ4v) is 5.88. The predicted octanol–water partition coefficient (Wildman–Crippen LogP) is 6.90. The molecule has 0 radical (unpaired) electrons. The van der Waals surface area contributed by atoms with Crippen LogP contribution in [0.4, 0.5) is 5.69 Å². The number of para-hydroxylation sites is 1. The lowest BCUT2D eigenvalue weighted by atomic mass is 9.96. The standard InChI is InChI=1S/C29H29ClN4OS/c1-5-20-10-8-9-17(2)27(20)33-18(3)15-22(19(33)4)28-26(23-11-6-7-14-31-23)32-29(36)34(28)24-16-21(30)12-13-25(24)35/h6-16,26,28,35H,5H2,1-4H3,(H,32,36)/t26-,28-/m0/s1. The predicted molar refractivity (Wildman–Crippen MR) is 150 cm³/mol. The first-order valence-electron chi connectivity index (χ1n) is 12.1. The number of nitrogens with zero attached hydrogens (tertiary/aromatic N) is 3. The molecule has 36 heavy (non-hydrogen) atoms. The number of rotatable bonds is 5. The van der Waals surface area contributed by atoms with E-state index in [0.29, 0.717) is 15.8 Å². The van der Waals surface area contributed by atoms with Crippen molar-refractivity contribution in [2.45, 2.75) is 46.2 Å². The van der Waals surface area contributed by atoms with Gasteiger partial charge in [-0.3, -0.25) is 4.98 Å². The lowest BCUT2D eigenvalue weighted by Gasteiger charge is -2.29. The van der Waals surface area contributed by atoms with Crippen LogP contribution in [0.2, 0.25) is 5.02 Å². The molecule has 1 fully saturated rings. The molecule has 1 aliphatic rings. The Balaban J connectivity index is 1.74. The molecular formula is C29H29ClN4OS. The molecule has 1 saturated heterocycles. The van der Waals surface area contributed by atoms with Crippen molar-refractivity contribution in [1.82, 2.24) is 14.9 Å². The van der Waals surface area contributed by atoms with Gasteiger partial charge in [0.1, 0.15) is 5.75 Å². The highest BCUT2D eigenvalue weighted by molar-refractivity contribution is 7.80. The molecule has 0 saturated carbocycles. The number of benzene rings is 2. The van der Waals surface area contributed by atoms with Crippen molar-refractivity contribution in [3.05, 3.63) is 106 Å². The molecule has 5 rings (SSSR count). The maximum absolute atomic E-state index is 10.8. The van der Waals surface area contributed by atoms with Gasteiger partial charge in [0, 0.05) is 22.6 Å². The molecule has 1 aliphatic heterocycles. The van der Waals surface area contributed by atoms with E-state index in [1.807, 2.05) is 23.1 Å². The van der Waals surface area contributed by atoms with Crippen LogP contribution in [0.15, 0.2) is 66.9 Å². The van der Waals surface area contributed by atoms with Crippen LogP contribution in [0.5, 0.6) is 5.75 Å². The topological polar surface area (TPSA) is 53.3 Å². The van der Waals surface area contributed by atoms with Crippen molar-refractivity contribution in [3.63, 3.8) is 0 Å². The molecule has 5 nitrogen and oxygen atoms in total. The Morgan fingerprint density at radius 2 is 1.86 bits per heavy atom. The van der Waals surface area contributed by atoms with Crippen molar-refractivity contribution in [3.8, 4) is 11.4 Å². The molecule has 2 atom stereocenters. The molecule has 4 aromatic rings. The third-order valence-corrected chi connectivity index (χ3v) is 7.56. The number of aromatic hydroxyl groups is 1. The first kappa shape index (κ1) is 24.3. The van der Waals surface area contributed by atoms with Gasteiger partial charge in [-0.25, -0.2) is 0 Å². The van der Waals surface area contributed by atoms with Crippen molar-refractivity contribution < 1.29 is 5.11 Å². The highest BCUT2D eigenvalue weighted by Gasteiger charge is 2.43. The summed E-state index contributed by atoms with van der Waals surface area (Å²) in [6.07, 6.45) is 2.73. The number of halogens is 1. The summed E-state index contributed by atoms with van der Waals surface area (Å²) in [5.74, 6) is 0.121. The number of aromatic nitrogens is 2. The van der Waals surface area contributed by atoms with Crippen LogP contribution in [-0.2, 0) is 6.42 Å². The van der Waals surface area contributed by atoms with Gasteiger partial charge in [0.25, 0.3) is 0 Å². The number of hydrogen-bond acceptors (Lipinski definition) is 3. The van der Waals surface area contributed by atoms with Crippen LogP contribution in [0.1, 0.15) is 52.8 Å². The number of nitrogens with one attached hydrogen (secondary N) is 1. The molecule has 2 N–H and O–H groups in total. The molecule has 0 unspecified atom stereocenters. The zero-order valence-corrected chi connectivity index (χ0v) is 22.4. The molecule has 7 heteroatoms. The minimum absolute atomic E-state index is 0.121. The van der Waals surface area contributed by atoms with Crippen molar-refractivity contribution in [1.29, 1.82) is 0 Å². The highest BCUT2D eigenvalue weighted by atomic mass is 35.5. The van der Waals surface area contributed by atoms with Crippen molar-refractivity contribution >= 4 is 34.6 Å². The average Bonchev–Trinajstić information content (AvgIpc) is 3.36. The number of phenols is 1. The molecule has 0 amide bonds. The third kappa shape index (κ3) is 4.04. The fraction of sp³-hybridized carbons (Fsp3) is 0.241. The van der Waals surface area contributed by atoms with Gasteiger partial charge in [0.05, 0.1) is 29.2 Å². The molecule has 0 spiro atoms. The minimum atomic E-state index is -0.245. The van der Waals surface area contributed by atoms with Gasteiger partial charge < -0.3 is 19.9 Å². The van der Waals surface area contributed by atoms with E-state index >= 15 is 0 Å². The van der Waals surface area contributed by atoms with E-state index in [2.05, 4.69) is 66.8 Å². The van der Waals surface area contributed by atoms with Gasteiger partial charge in [-0.15, -0.1) is 0 Å². The largest absolute Gasteiger partial charge is 0.506 e. The van der Waals surface area contributed by atoms with Gasteiger partial charge in [-0.1, -0.05) is 42.8 Å². The average molecular weight is 517 g/mol. The van der Waals surface area contributed by atoms with Crippen molar-refractivity contribution in [2.75, 3.05) is 4.90 Å². The molecule has 184 valence electrons. The van der Waals surface area contributed by atoms with E-state index in [1.165, 1.54) is 16.8 Å². The molecule has 0 bridgehead atoms. The van der Waals surface area contributed by atoms with E-state index in [-0.39, 0.29) is 17.8 Å². The summed E-state index contributed by atoms with van der Waals surface area (Å²) in [5, 5.41) is 15.4. The number of phenolic OH excluding ortho intramolecular Hbond substituents is 1. The highest BCUT2D eigenvalue weighted by Crippen LogP contribution is 2.46. The second-order valence-corrected chi connectivity index (χ2v) is 10.1. The molecule has 0 aliphatic carbocycles. The van der Waals surface area contributed by atoms with Gasteiger partial charge in [-0.2, -0.15) is 0 Å². The Morgan fingerprint density at radius 1 is 1.06 bits per heavy atom. The second-order valence-electron chi connectivity index (χ2n) is 9.23. The smallest absolute Gasteiger partial charge is 0.174 e. The SMILES string of the molecule is CCc1cccc(C)c1-n1c(C)cc([C@H]2[C@H](c3ccccn3)NC(=S)N2c2cc(Cl)ccc2O)c1C. The lowest BCUT2D eigenvalue weighted by molar-refractivity contribution is 0.472. The first-order chi connectivity index (χ1) is 17.3. The Bertz CT molecular complexity index is 1450. The van der Waals surface area contributed by atoms with E-state index in [0.717, 1.165) is 29.1 Å². The molecule has 3 heterocycles. The van der Waals surface area contributed by atoms with E-state index < -0.39 is 0 Å². The van der Waals surface area contributed by atoms with Gasteiger partial charge >= 0.3 is 0 Å². The van der Waals surface area contributed by atoms with Crippen LogP contribution in [0.25, 0.3) is 5.69 Å². The summed E-state index contributed by atoms with van der Waals surface area (Å²) in [7, 11) is 0. The molecular weight excluding hydrogens is 488 g/mol. The Morgan fingerprint density at radius 3 is 2.58 bits per heavy atom. The maximum atomic E-state index is 10.8. The lowest BCUT2D eigenvalue weighted by Crippen LogP contribution is -2.29. The van der Waals surface area contributed by atoms with Crippen LogP contribution in [-0.4, -0.2) is 19.8 Å². The monoisotopic (exact) mass is 516 g/mol. The summed E-state index contributed by atoms with van der Waals surface area (Å²) in [6, 6.07) is 19.2. The fourth-order valence-electron chi connectivity index (χ4n) is 5.38. The van der Waals surface area contributed by atoms with Gasteiger partial charge in [0.2, 0.25) is 0 Å². The maximum Gasteiger partial charge on any atom is 0.174 e. The van der Waals surface area contributed by atoms with E-state index in [1.54, 1.807) is 24.4 Å². The summed E-state index contributed by atoms with van der Waals surface area (Å²) in [6.45, 7) is 8.64. The summed E-state index contributed by atoms with van der Waals surface area (Å²) in [5.41, 5.74) is 8.57. The Labute approximate surface area is 222 Å². The zero-order chi connectivity index (χ0) is 25.6. The van der Waals surface area contributed by atoms with E-state index in [9.17, 15) is 5.11 Å². The number of aryl methyl sites for hydroxylation is 3. The normalized spacial score (nSPS) is 17.5. The number of pyridine rings is 1. The van der Waals surface area contributed by atoms with Gasteiger partial charge in [0.15, 0.2) is 5.11 Å². The molecule has 2 aromatic heterocycles. The van der Waals surface area contributed by atoms with Crippen LogP contribution >= 0.6 is 23.8 Å². The molecule has 2 aromatic carbocycles. The Kier molecular flexibility index (Phi) is 6.49. The first-order valence-corrected chi connectivity index (χ1v) is 12.9. The second kappa shape index (κ2) is 9.60. The summed E-state index contributed by atoms with van der Waals surface area (Å²) in [4.78, 5) is 6.63. The van der Waals surface area contributed by atoms with Crippen LogP contribution in [0.3, 0.4) is 0 Å². The summed E-state index contributed by atoms with van der Waals surface area (Å²) >= 11 is 12.2. The Hall–Kier alpha value is -3.35. The minimum Gasteiger partial charge on any atom is -0.506 e. The van der Waals surface area contributed by atoms with Crippen LogP contribution in [0, 0.1) is 20.8 Å². The van der Waals surface area contributed by atoms with E-state index in [4.69, 9.17) is 23.8 Å².